The summed E-state index contributed by atoms with van der Waals surface area (Å²) in [6.07, 6.45) is 0. The van der Waals surface area contributed by atoms with E-state index in [-0.39, 0.29) is 10.6 Å². The first-order chi connectivity index (χ1) is 8.49. The molecule has 0 saturated carbocycles. The Morgan fingerprint density at radius 2 is 2.17 bits per heavy atom. The van der Waals surface area contributed by atoms with Crippen molar-refractivity contribution in [2.24, 2.45) is 0 Å². The molecule has 0 aromatic heterocycles. The number of rotatable bonds is 2. The van der Waals surface area contributed by atoms with Crippen LogP contribution in [0.2, 0.25) is 0 Å². The molecule has 5 nitrogen and oxygen atoms in total. The quantitative estimate of drug-likeness (QED) is 0.644. The van der Waals surface area contributed by atoms with E-state index in [4.69, 9.17) is 0 Å². The van der Waals surface area contributed by atoms with Crippen LogP contribution >= 0.6 is 0 Å². The SMILES string of the molecule is Cc1ccc(N2CC(C)NCC2C)cc1[N+](=O)[O-]. The molecule has 1 aliphatic heterocycles. The number of hydrogen-bond donors (Lipinski definition) is 1. The molecule has 98 valence electrons. The molecule has 5 heteroatoms. The van der Waals surface area contributed by atoms with Crippen molar-refractivity contribution >= 4 is 11.4 Å². The first kappa shape index (κ1) is 12.8. The average Bonchev–Trinajstić information content (AvgIpc) is 2.33. The van der Waals surface area contributed by atoms with Gasteiger partial charge < -0.3 is 10.2 Å². The maximum atomic E-state index is 11.0. The second-order valence-corrected chi connectivity index (χ2v) is 5.04. The van der Waals surface area contributed by atoms with Crippen molar-refractivity contribution in [3.8, 4) is 0 Å². The molecule has 1 aliphatic rings. The van der Waals surface area contributed by atoms with E-state index >= 15 is 0 Å². The van der Waals surface area contributed by atoms with E-state index in [1.54, 1.807) is 13.0 Å². The maximum absolute atomic E-state index is 11.0. The minimum Gasteiger partial charge on any atom is -0.366 e. The van der Waals surface area contributed by atoms with Crippen LogP contribution < -0.4 is 10.2 Å². The van der Waals surface area contributed by atoms with Crippen LogP contribution in [0.5, 0.6) is 0 Å². The minimum atomic E-state index is -0.310. The van der Waals surface area contributed by atoms with Gasteiger partial charge in [0.05, 0.1) is 4.92 Å². The Balaban J connectivity index is 2.32. The molecule has 18 heavy (non-hydrogen) atoms. The van der Waals surface area contributed by atoms with Gasteiger partial charge >= 0.3 is 0 Å². The van der Waals surface area contributed by atoms with Gasteiger partial charge in [0.25, 0.3) is 5.69 Å². The number of nitro groups is 1. The van der Waals surface area contributed by atoms with Gasteiger partial charge in [-0.25, -0.2) is 0 Å². The van der Waals surface area contributed by atoms with Crippen LogP contribution in [-0.2, 0) is 0 Å². The molecule has 1 fully saturated rings. The topological polar surface area (TPSA) is 58.4 Å². The summed E-state index contributed by atoms with van der Waals surface area (Å²) in [7, 11) is 0. The highest BCUT2D eigenvalue weighted by atomic mass is 16.6. The molecule has 1 aromatic rings. The predicted molar refractivity (Wildman–Crippen MR) is 72.1 cm³/mol. The lowest BCUT2D eigenvalue weighted by Crippen LogP contribution is -2.54. The smallest absolute Gasteiger partial charge is 0.274 e. The molecule has 1 saturated heterocycles. The summed E-state index contributed by atoms with van der Waals surface area (Å²) < 4.78 is 0. The summed E-state index contributed by atoms with van der Waals surface area (Å²) in [5.74, 6) is 0. The van der Waals surface area contributed by atoms with Crippen LogP contribution in [0, 0.1) is 17.0 Å². The number of anilines is 1. The first-order valence-electron chi connectivity index (χ1n) is 6.24. The Morgan fingerprint density at radius 1 is 1.44 bits per heavy atom. The molecule has 2 atom stereocenters. The lowest BCUT2D eigenvalue weighted by Gasteiger charge is -2.39. The third kappa shape index (κ3) is 2.46. The summed E-state index contributed by atoms with van der Waals surface area (Å²) >= 11 is 0. The number of nitrogens with zero attached hydrogens (tertiary/aromatic N) is 2. The number of hydrogen-bond acceptors (Lipinski definition) is 4. The van der Waals surface area contributed by atoms with Gasteiger partial charge in [0, 0.05) is 42.5 Å². The lowest BCUT2D eigenvalue weighted by molar-refractivity contribution is -0.385. The molecule has 1 heterocycles. The van der Waals surface area contributed by atoms with E-state index in [0.29, 0.717) is 17.6 Å². The van der Waals surface area contributed by atoms with Gasteiger partial charge in [0.2, 0.25) is 0 Å². The molecule has 0 aliphatic carbocycles. The predicted octanol–water partition coefficient (Wildman–Crippen LogP) is 2.09. The molecular weight excluding hydrogens is 230 g/mol. The van der Waals surface area contributed by atoms with Gasteiger partial charge in [0.15, 0.2) is 0 Å². The Morgan fingerprint density at radius 3 is 2.83 bits per heavy atom. The molecule has 1 aromatic carbocycles. The van der Waals surface area contributed by atoms with Crippen molar-refractivity contribution in [2.75, 3.05) is 18.0 Å². The van der Waals surface area contributed by atoms with Crippen molar-refractivity contribution in [2.45, 2.75) is 32.9 Å². The highest BCUT2D eigenvalue weighted by Crippen LogP contribution is 2.27. The molecule has 1 N–H and O–H groups in total. The van der Waals surface area contributed by atoms with Crippen LogP contribution in [0.1, 0.15) is 19.4 Å². The fourth-order valence-electron chi connectivity index (χ4n) is 2.35. The summed E-state index contributed by atoms with van der Waals surface area (Å²) in [5.41, 5.74) is 1.85. The Bertz CT molecular complexity index is 462. The summed E-state index contributed by atoms with van der Waals surface area (Å²) in [6, 6.07) is 6.23. The monoisotopic (exact) mass is 249 g/mol. The molecule has 2 unspecified atom stereocenters. The lowest BCUT2D eigenvalue weighted by atomic mass is 10.1. The molecule has 0 radical (unpaired) electrons. The summed E-state index contributed by atoms with van der Waals surface area (Å²) in [5, 5.41) is 14.4. The van der Waals surface area contributed by atoms with Crippen molar-refractivity contribution in [3.05, 3.63) is 33.9 Å². The molecular formula is C13H19N3O2. The van der Waals surface area contributed by atoms with E-state index in [0.717, 1.165) is 18.8 Å². The van der Waals surface area contributed by atoms with Crippen molar-refractivity contribution < 1.29 is 4.92 Å². The van der Waals surface area contributed by atoms with Crippen LogP contribution in [0.25, 0.3) is 0 Å². The molecule has 0 bridgehead atoms. The zero-order valence-corrected chi connectivity index (χ0v) is 11.0. The van der Waals surface area contributed by atoms with Gasteiger partial charge in [0.1, 0.15) is 0 Å². The fraction of sp³-hybridized carbons (Fsp3) is 0.538. The van der Waals surface area contributed by atoms with Gasteiger partial charge in [-0.1, -0.05) is 6.07 Å². The number of aryl methyl sites for hydroxylation is 1. The molecule has 0 spiro atoms. The van der Waals surface area contributed by atoms with Crippen LogP contribution in [0.15, 0.2) is 18.2 Å². The molecule has 0 amide bonds. The zero-order chi connectivity index (χ0) is 13.3. The van der Waals surface area contributed by atoms with E-state index in [1.807, 2.05) is 12.1 Å². The van der Waals surface area contributed by atoms with Gasteiger partial charge in [-0.05, 0) is 26.8 Å². The summed E-state index contributed by atoms with van der Waals surface area (Å²) in [6.45, 7) is 7.81. The Labute approximate surface area is 107 Å². The van der Waals surface area contributed by atoms with Crippen LogP contribution in [0.4, 0.5) is 11.4 Å². The number of nitrogens with one attached hydrogen (secondary N) is 1. The standard InChI is InChI=1S/C13H19N3O2/c1-9-4-5-12(6-13(9)16(17)18)15-8-10(2)14-7-11(15)3/h4-6,10-11,14H,7-8H2,1-3H3. The Kier molecular flexibility index (Phi) is 3.52. The van der Waals surface area contributed by atoms with E-state index in [1.165, 1.54) is 0 Å². The third-order valence-electron chi connectivity index (χ3n) is 3.49. The van der Waals surface area contributed by atoms with Crippen LogP contribution in [0.3, 0.4) is 0 Å². The fourth-order valence-corrected chi connectivity index (χ4v) is 2.35. The van der Waals surface area contributed by atoms with Gasteiger partial charge in [-0.15, -0.1) is 0 Å². The van der Waals surface area contributed by atoms with Crippen molar-refractivity contribution in [1.29, 1.82) is 0 Å². The Hall–Kier alpha value is -1.62. The number of benzene rings is 1. The van der Waals surface area contributed by atoms with E-state index in [2.05, 4.69) is 24.1 Å². The van der Waals surface area contributed by atoms with E-state index in [9.17, 15) is 10.1 Å². The van der Waals surface area contributed by atoms with Gasteiger partial charge in [-0.3, -0.25) is 10.1 Å². The van der Waals surface area contributed by atoms with Crippen molar-refractivity contribution in [3.63, 3.8) is 0 Å². The largest absolute Gasteiger partial charge is 0.366 e. The van der Waals surface area contributed by atoms with Gasteiger partial charge in [-0.2, -0.15) is 0 Å². The van der Waals surface area contributed by atoms with E-state index < -0.39 is 0 Å². The number of nitro benzene ring substituents is 1. The van der Waals surface area contributed by atoms with Crippen molar-refractivity contribution in [1.82, 2.24) is 5.32 Å². The highest BCUT2D eigenvalue weighted by Gasteiger charge is 2.24. The average molecular weight is 249 g/mol. The first-order valence-corrected chi connectivity index (χ1v) is 6.24. The highest BCUT2D eigenvalue weighted by molar-refractivity contribution is 5.57. The normalized spacial score (nSPS) is 24.1. The minimum absolute atomic E-state index is 0.200. The maximum Gasteiger partial charge on any atom is 0.274 e. The summed E-state index contributed by atoms with van der Waals surface area (Å²) in [4.78, 5) is 12.9. The van der Waals surface area contributed by atoms with Crippen LogP contribution in [-0.4, -0.2) is 30.1 Å². The molecule has 2 rings (SSSR count). The second-order valence-electron chi connectivity index (χ2n) is 5.04. The third-order valence-corrected chi connectivity index (χ3v) is 3.49. The second kappa shape index (κ2) is 4.94. The zero-order valence-electron chi connectivity index (χ0n) is 11.0. The number of piperazine rings is 1.